The third kappa shape index (κ3) is 7.85. The molecule has 0 amide bonds. The monoisotopic (exact) mass is 402 g/mol. The first-order valence-corrected chi connectivity index (χ1v) is 11.8. The molecular weight excluding hydrogens is 360 g/mol. The van der Waals surface area contributed by atoms with Crippen molar-refractivity contribution in [2.24, 2.45) is 29.6 Å². The lowest BCUT2D eigenvalue weighted by atomic mass is 9.79. The average molecular weight is 403 g/mol. The Morgan fingerprint density at radius 2 is 1.86 bits per heavy atom. The van der Waals surface area contributed by atoms with Crippen LogP contribution in [0.1, 0.15) is 85.0 Å². The maximum Gasteiger partial charge on any atom is 0.145 e. The van der Waals surface area contributed by atoms with Crippen LogP contribution in [0.4, 0.5) is 0 Å². The van der Waals surface area contributed by atoms with Crippen LogP contribution in [0.15, 0.2) is 23.3 Å². The highest BCUT2D eigenvalue weighted by molar-refractivity contribution is 5.50. The quantitative estimate of drug-likeness (QED) is 0.231. The zero-order chi connectivity index (χ0) is 21.1. The van der Waals surface area contributed by atoms with Crippen molar-refractivity contribution in [2.75, 3.05) is 13.2 Å². The summed E-state index contributed by atoms with van der Waals surface area (Å²) in [6.07, 6.45) is 18.9. The van der Waals surface area contributed by atoms with E-state index in [1.807, 2.05) is 0 Å². The van der Waals surface area contributed by atoms with E-state index in [0.29, 0.717) is 12.5 Å². The molecule has 29 heavy (non-hydrogen) atoms. The summed E-state index contributed by atoms with van der Waals surface area (Å²) in [5, 5.41) is 0. The summed E-state index contributed by atoms with van der Waals surface area (Å²) in [6, 6.07) is 0. The molecule has 0 aromatic heterocycles. The minimum atomic E-state index is 0.237. The molecule has 5 unspecified atom stereocenters. The van der Waals surface area contributed by atoms with E-state index < -0.39 is 0 Å². The molecule has 0 aliphatic heterocycles. The van der Waals surface area contributed by atoms with E-state index in [0.717, 1.165) is 61.9 Å². The predicted molar refractivity (Wildman–Crippen MR) is 120 cm³/mol. The van der Waals surface area contributed by atoms with E-state index in [2.05, 4.69) is 32.9 Å². The van der Waals surface area contributed by atoms with E-state index in [9.17, 15) is 9.59 Å². The van der Waals surface area contributed by atoms with Gasteiger partial charge in [0.1, 0.15) is 19.2 Å². The number of hydrogen-bond donors (Lipinski definition) is 0. The van der Waals surface area contributed by atoms with Crippen molar-refractivity contribution < 1.29 is 14.3 Å². The number of ether oxygens (including phenoxy) is 1. The van der Waals surface area contributed by atoms with E-state index in [-0.39, 0.29) is 6.61 Å². The fourth-order valence-corrected chi connectivity index (χ4v) is 5.68. The molecule has 3 heteroatoms. The van der Waals surface area contributed by atoms with Crippen molar-refractivity contribution in [1.82, 2.24) is 0 Å². The summed E-state index contributed by atoms with van der Waals surface area (Å²) in [5.41, 5.74) is 3.10. The molecule has 0 heterocycles. The van der Waals surface area contributed by atoms with Crippen molar-refractivity contribution >= 4 is 12.6 Å². The molecule has 0 saturated heterocycles. The largest absolute Gasteiger partial charge is 0.374 e. The highest BCUT2D eigenvalue weighted by atomic mass is 16.5. The molecule has 5 atom stereocenters. The van der Waals surface area contributed by atoms with Gasteiger partial charge in [-0.25, -0.2) is 0 Å². The second-order valence-electron chi connectivity index (χ2n) is 9.58. The molecule has 0 radical (unpaired) electrons. The van der Waals surface area contributed by atoms with Crippen LogP contribution in [0.5, 0.6) is 0 Å². The molecule has 3 rings (SSSR count). The third-order valence-corrected chi connectivity index (χ3v) is 7.12. The molecule has 0 aromatic carbocycles. The fraction of sp³-hybridized carbons (Fsp3) is 0.769. The molecule has 2 bridgehead atoms. The topological polar surface area (TPSA) is 43.4 Å². The number of allylic oxidation sites excluding steroid dienone is 4. The molecule has 3 aliphatic rings. The first-order chi connectivity index (χ1) is 14.1. The van der Waals surface area contributed by atoms with E-state index in [1.54, 1.807) is 5.57 Å². The smallest absolute Gasteiger partial charge is 0.145 e. The van der Waals surface area contributed by atoms with Crippen LogP contribution in [0.2, 0.25) is 0 Å². The van der Waals surface area contributed by atoms with Crippen LogP contribution < -0.4 is 0 Å². The lowest BCUT2D eigenvalue weighted by Gasteiger charge is -2.26. The number of aldehydes is 2. The lowest BCUT2D eigenvalue weighted by molar-refractivity contribution is -0.112. The highest BCUT2D eigenvalue weighted by Crippen LogP contribution is 2.60. The van der Waals surface area contributed by atoms with Crippen molar-refractivity contribution in [3.8, 4) is 0 Å². The Kier molecular flexibility index (Phi) is 10.9. The average Bonchev–Trinajstić information content (AvgIpc) is 3.39. The summed E-state index contributed by atoms with van der Waals surface area (Å²) in [7, 11) is 0. The van der Waals surface area contributed by atoms with Gasteiger partial charge in [-0.15, -0.1) is 0 Å². The van der Waals surface area contributed by atoms with E-state index in [4.69, 9.17) is 4.74 Å². The van der Waals surface area contributed by atoms with Crippen molar-refractivity contribution in [3.63, 3.8) is 0 Å². The second-order valence-corrected chi connectivity index (χ2v) is 9.58. The number of hydrogen-bond acceptors (Lipinski definition) is 3. The highest BCUT2D eigenvalue weighted by Gasteiger charge is 2.51. The van der Waals surface area contributed by atoms with Crippen LogP contribution in [0.3, 0.4) is 0 Å². The van der Waals surface area contributed by atoms with Gasteiger partial charge < -0.3 is 14.3 Å². The molecular formula is C26H42O3. The number of fused-ring (bicyclic) bond motifs is 5. The van der Waals surface area contributed by atoms with Gasteiger partial charge >= 0.3 is 0 Å². The third-order valence-electron chi connectivity index (χ3n) is 7.12. The Balaban J connectivity index is 0.000000208. The SMILES string of the molecule is CC(C)=CCCC(C)CCOCC=O.O=CCCC=C1CC2CC1C1CCCC21. The van der Waals surface area contributed by atoms with Crippen LogP contribution in [0.25, 0.3) is 0 Å². The van der Waals surface area contributed by atoms with Gasteiger partial charge in [-0.3, -0.25) is 0 Å². The maximum atomic E-state index is 10.3. The fourth-order valence-electron chi connectivity index (χ4n) is 5.68. The standard InChI is InChI=1S/C14H20O.C12H22O2/c15-7-2-1-4-10-8-11-9-14(10)13-6-3-5-12(11)13;1-11(2)5-4-6-12(3)7-9-14-10-8-13/h4,7,11-14H,1-3,5-6,8-9H2;5,8,12H,4,6-7,9-10H2,1-3H3. The van der Waals surface area contributed by atoms with Gasteiger partial charge in [0.2, 0.25) is 0 Å². The van der Waals surface area contributed by atoms with Crippen LogP contribution in [-0.4, -0.2) is 25.8 Å². The van der Waals surface area contributed by atoms with E-state index in [1.165, 1.54) is 44.1 Å². The first-order valence-electron chi connectivity index (χ1n) is 11.8. The van der Waals surface area contributed by atoms with Crippen molar-refractivity contribution in [1.29, 1.82) is 0 Å². The summed E-state index contributed by atoms with van der Waals surface area (Å²) < 4.78 is 5.10. The molecule has 0 spiro atoms. The Hall–Kier alpha value is -1.22. The second kappa shape index (κ2) is 13.2. The van der Waals surface area contributed by atoms with Crippen LogP contribution in [-0.2, 0) is 14.3 Å². The Labute approximate surface area is 178 Å². The molecule has 164 valence electrons. The number of rotatable bonds is 11. The number of carbonyl (C=O) groups is 2. The molecule has 3 nitrogen and oxygen atoms in total. The molecule has 0 N–H and O–H groups in total. The minimum Gasteiger partial charge on any atom is -0.374 e. The summed E-state index contributed by atoms with van der Waals surface area (Å²) in [4.78, 5) is 20.3. The Bertz CT molecular complexity index is 558. The van der Waals surface area contributed by atoms with Gasteiger partial charge in [-0.1, -0.05) is 36.6 Å². The van der Waals surface area contributed by atoms with Gasteiger partial charge in [0.05, 0.1) is 0 Å². The molecule has 3 saturated carbocycles. The molecule has 3 aliphatic carbocycles. The summed E-state index contributed by atoms with van der Waals surface area (Å²) >= 11 is 0. The summed E-state index contributed by atoms with van der Waals surface area (Å²) in [5.74, 6) is 4.74. The van der Waals surface area contributed by atoms with Crippen molar-refractivity contribution in [3.05, 3.63) is 23.3 Å². The zero-order valence-corrected chi connectivity index (χ0v) is 18.9. The summed E-state index contributed by atoms with van der Waals surface area (Å²) in [6.45, 7) is 7.41. The predicted octanol–water partition coefficient (Wildman–Crippen LogP) is 6.32. The number of unbranched alkanes of at least 4 members (excludes halogenated alkanes) is 1. The van der Waals surface area contributed by atoms with Crippen molar-refractivity contribution in [2.45, 2.75) is 85.0 Å². The number of carbonyl (C=O) groups excluding carboxylic acids is 2. The van der Waals surface area contributed by atoms with Crippen LogP contribution in [0, 0.1) is 29.6 Å². The van der Waals surface area contributed by atoms with Gasteiger partial charge in [0.25, 0.3) is 0 Å². The zero-order valence-electron chi connectivity index (χ0n) is 18.9. The normalized spacial score (nSPS) is 29.1. The van der Waals surface area contributed by atoms with Gasteiger partial charge in [0.15, 0.2) is 0 Å². The van der Waals surface area contributed by atoms with E-state index >= 15 is 0 Å². The lowest BCUT2D eigenvalue weighted by Crippen LogP contribution is -2.18. The van der Waals surface area contributed by atoms with Crippen LogP contribution >= 0.6 is 0 Å². The Morgan fingerprint density at radius 1 is 1.07 bits per heavy atom. The maximum absolute atomic E-state index is 10.3. The van der Waals surface area contributed by atoms with Gasteiger partial charge in [-0.2, -0.15) is 0 Å². The van der Waals surface area contributed by atoms with Gasteiger partial charge in [-0.05, 0) is 94.8 Å². The minimum absolute atomic E-state index is 0.237. The molecule has 0 aromatic rings. The van der Waals surface area contributed by atoms with Gasteiger partial charge in [0, 0.05) is 13.0 Å². The first kappa shape index (κ1) is 24.1. The Morgan fingerprint density at radius 3 is 2.59 bits per heavy atom. The molecule has 3 fully saturated rings.